The van der Waals surface area contributed by atoms with Crippen LogP contribution in [0.3, 0.4) is 0 Å². The molecule has 7 nitrogen and oxygen atoms in total. The molecule has 1 atom stereocenters. The van der Waals surface area contributed by atoms with Crippen LogP contribution in [0.25, 0.3) is 5.76 Å². The maximum atomic E-state index is 13.2. The number of aliphatic hydroxyl groups excluding tert-OH is 1. The van der Waals surface area contributed by atoms with Crippen LogP contribution in [0.5, 0.6) is 5.75 Å². The standard InChI is InChI=1S/C26H27BrN2O5/c1-2-15-34-21-9-5-18(6-10-21)23-22(24(30)19-3-7-20(27)8-4-19)25(31)26(32)29(23)12-11-28-13-16-33-17-14-28/h2-10,23,30H,1,11-17H2. The second-order valence-corrected chi connectivity index (χ2v) is 9.04. The van der Waals surface area contributed by atoms with Crippen molar-refractivity contribution in [2.75, 3.05) is 46.0 Å². The topological polar surface area (TPSA) is 79.3 Å². The number of ketones is 1. The van der Waals surface area contributed by atoms with Gasteiger partial charge >= 0.3 is 0 Å². The fraction of sp³-hybridized carbons (Fsp3) is 0.308. The Kier molecular flexibility index (Phi) is 7.82. The summed E-state index contributed by atoms with van der Waals surface area (Å²) in [5.74, 6) is -0.818. The molecule has 8 heteroatoms. The lowest BCUT2D eigenvalue weighted by atomic mass is 9.95. The van der Waals surface area contributed by atoms with Gasteiger partial charge in [0.15, 0.2) is 0 Å². The summed E-state index contributed by atoms with van der Waals surface area (Å²) < 4.78 is 11.8. The van der Waals surface area contributed by atoms with Crippen LogP contribution in [0.2, 0.25) is 0 Å². The van der Waals surface area contributed by atoms with Crippen LogP contribution in [-0.2, 0) is 14.3 Å². The van der Waals surface area contributed by atoms with Gasteiger partial charge in [-0.2, -0.15) is 0 Å². The molecule has 2 fully saturated rings. The van der Waals surface area contributed by atoms with Crippen molar-refractivity contribution in [3.05, 3.63) is 82.4 Å². The molecule has 2 aromatic rings. The van der Waals surface area contributed by atoms with Gasteiger partial charge in [-0.3, -0.25) is 14.5 Å². The van der Waals surface area contributed by atoms with E-state index in [0.717, 1.165) is 23.1 Å². The lowest BCUT2D eigenvalue weighted by Crippen LogP contribution is -2.42. The van der Waals surface area contributed by atoms with Gasteiger partial charge in [0, 0.05) is 36.2 Å². The van der Waals surface area contributed by atoms with Crippen LogP contribution in [-0.4, -0.2) is 72.6 Å². The Hall–Kier alpha value is -2.94. The number of ether oxygens (including phenoxy) is 2. The molecule has 34 heavy (non-hydrogen) atoms. The summed E-state index contributed by atoms with van der Waals surface area (Å²) in [5, 5.41) is 11.1. The van der Waals surface area contributed by atoms with Gasteiger partial charge in [0.1, 0.15) is 18.1 Å². The fourth-order valence-electron chi connectivity index (χ4n) is 4.20. The summed E-state index contributed by atoms with van der Waals surface area (Å²) in [6.45, 7) is 7.87. The number of Topliss-reactive ketones (excluding diaryl/α,β-unsaturated/α-hetero) is 1. The van der Waals surface area contributed by atoms with Crippen molar-refractivity contribution in [1.82, 2.24) is 9.80 Å². The van der Waals surface area contributed by atoms with Crippen LogP contribution in [0, 0.1) is 0 Å². The van der Waals surface area contributed by atoms with Gasteiger partial charge in [0.05, 0.1) is 24.8 Å². The number of benzene rings is 2. The summed E-state index contributed by atoms with van der Waals surface area (Å²) in [6, 6.07) is 13.5. The SMILES string of the molecule is C=CCOc1ccc(C2C(=C(O)c3ccc(Br)cc3)C(=O)C(=O)N2CCN2CCOCC2)cc1. The van der Waals surface area contributed by atoms with Crippen molar-refractivity contribution in [3.63, 3.8) is 0 Å². The summed E-state index contributed by atoms with van der Waals surface area (Å²) in [5.41, 5.74) is 1.30. The molecule has 2 aliphatic heterocycles. The zero-order valence-corrected chi connectivity index (χ0v) is 20.4. The molecule has 0 aliphatic carbocycles. The molecule has 0 saturated carbocycles. The fourth-order valence-corrected chi connectivity index (χ4v) is 4.46. The van der Waals surface area contributed by atoms with Crippen LogP contribution >= 0.6 is 15.9 Å². The summed E-state index contributed by atoms with van der Waals surface area (Å²) >= 11 is 3.38. The number of halogens is 1. The van der Waals surface area contributed by atoms with E-state index in [-0.39, 0.29) is 11.3 Å². The number of nitrogens with zero attached hydrogens (tertiary/aromatic N) is 2. The van der Waals surface area contributed by atoms with E-state index in [9.17, 15) is 14.7 Å². The third-order valence-corrected chi connectivity index (χ3v) is 6.51. The lowest BCUT2D eigenvalue weighted by Gasteiger charge is -2.31. The van der Waals surface area contributed by atoms with E-state index in [1.165, 1.54) is 0 Å². The number of amides is 1. The summed E-state index contributed by atoms with van der Waals surface area (Å²) in [4.78, 5) is 30.0. The predicted molar refractivity (Wildman–Crippen MR) is 133 cm³/mol. The third kappa shape index (κ3) is 5.24. The van der Waals surface area contributed by atoms with Gasteiger partial charge in [-0.1, -0.05) is 52.9 Å². The largest absolute Gasteiger partial charge is 0.507 e. The quantitative estimate of drug-likeness (QED) is 0.244. The number of likely N-dealkylation sites (tertiary alicyclic amines) is 1. The van der Waals surface area contributed by atoms with E-state index in [4.69, 9.17) is 9.47 Å². The molecule has 2 aliphatic rings. The first-order chi connectivity index (χ1) is 16.5. The van der Waals surface area contributed by atoms with Crippen molar-refractivity contribution >= 4 is 33.4 Å². The highest BCUT2D eigenvalue weighted by Gasteiger charge is 2.46. The maximum absolute atomic E-state index is 13.2. The molecule has 0 bridgehead atoms. The minimum Gasteiger partial charge on any atom is -0.507 e. The van der Waals surface area contributed by atoms with Gasteiger partial charge < -0.3 is 19.5 Å². The molecule has 2 aromatic carbocycles. The Morgan fingerprint density at radius 1 is 1.09 bits per heavy atom. The van der Waals surface area contributed by atoms with Gasteiger partial charge in [-0.05, 0) is 29.8 Å². The number of morpholine rings is 1. The Bertz CT molecular complexity index is 1080. The van der Waals surface area contributed by atoms with Crippen LogP contribution in [0.4, 0.5) is 0 Å². The average Bonchev–Trinajstić information content (AvgIpc) is 3.12. The molecule has 1 unspecified atom stereocenters. The highest BCUT2D eigenvalue weighted by molar-refractivity contribution is 9.10. The van der Waals surface area contributed by atoms with E-state index in [0.29, 0.717) is 44.2 Å². The van der Waals surface area contributed by atoms with Crippen LogP contribution in [0.15, 0.2) is 71.2 Å². The smallest absolute Gasteiger partial charge is 0.295 e. The van der Waals surface area contributed by atoms with Gasteiger partial charge in [-0.15, -0.1) is 0 Å². The number of aliphatic hydroxyl groups is 1. The molecule has 1 amide bonds. The van der Waals surface area contributed by atoms with E-state index >= 15 is 0 Å². The van der Waals surface area contributed by atoms with Gasteiger partial charge in [0.2, 0.25) is 0 Å². The Balaban J connectivity index is 1.70. The van der Waals surface area contributed by atoms with Crippen molar-refractivity contribution in [2.45, 2.75) is 6.04 Å². The zero-order valence-electron chi connectivity index (χ0n) is 18.8. The third-order valence-electron chi connectivity index (χ3n) is 5.98. The second-order valence-electron chi connectivity index (χ2n) is 8.12. The maximum Gasteiger partial charge on any atom is 0.295 e. The molecule has 0 spiro atoms. The number of rotatable bonds is 8. The van der Waals surface area contributed by atoms with E-state index in [1.807, 2.05) is 12.1 Å². The molecular weight excluding hydrogens is 500 g/mol. The van der Waals surface area contributed by atoms with Crippen molar-refractivity contribution in [1.29, 1.82) is 0 Å². The van der Waals surface area contributed by atoms with Crippen molar-refractivity contribution in [3.8, 4) is 5.75 Å². The highest BCUT2D eigenvalue weighted by Crippen LogP contribution is 2.39. The van der Waals surface area contributed by atoms with E-state index in [1.54, 1.807) is 47.4 Å². The first-order valence-corrected chi connectivity index (χ1v) is 12.0. The average molecular weight is 527 g/mol. The Morgan fingerprint density at radius 2 is 1.76 bits per heavy atom. The van der Waals surface area contributed by atoms with Gasteiger partial charge in [0.25, 0.3) is 11.7 Å². The van der Waals surface area contributed by atoms with Crippen LogP contribution < -0.4 is 4.74 Å². The monoisotopic (exact) mass is 526 g/mol. The van der Waals surface area contributed by atoms with E-state index in [2.05, 4.69) is 27.4 Å². The molecule has 2 heterocycles. The van der Waals surface area contributed by atoms with Crippen LogP contribution in [0.1, 0.15) is 17.2 Å². The normalized spacial score (nSPS) is 20.5. The van der Waals surface area contributed by atoms with E-state index < -0.39 is 17.7 Å². The van der Waals surface area contributed by atoms with Crippen molar-refractivity contribution in [2.24, 2.45) is 0 Å². The number of hydrogen-bond acceptors (Lipinski definition) is 6. The second kappa shape index (κ2) is 11.0. The first-order valence-electron chi connectivity index (χ1n) is 11.2. The lowest BCUT2D eigenvalue weighted by molar-refractivity contribution is -0.140. The molecular formula is C26H27BrN2O5. The molecule has 4 rings (SSSR count). The minimum atomic E-state index is -0.696. The summed E-state index contributed by atoms with van der Waals surface area (Å²) in [7, 11) is 0. The number of carbonyl (C=O) groups is 2. The zero-order chi connectivity index (χ0) is 24.1. The molecule has 178 valence electrons. The highest BCUT2D eigenvalue weighted by atomic mass is 79.9. The number of carbonyl (C=O) groups excluding carboxylic acids is 2. The van der Waals surface area contributed by atoms with Crippen molar-refractivity contribution < 1.29 is 24.2 Å². The summed E-state index contributed by atoms with van der Waals surface area (Å²) in [6.07, 6.45) is 1.66. The Morgan fingerprint density at radius 3 is 2.41 bits per heavy atom. The Labute approximate surface area is 207 Å². The van der Waals surface area contributed by atoms with Gasteiger partial charge in [-0.25, -0.2) is 0 Å². The predicted octanol–water partition coefficient (Wildman–Crippen LogP) is 3.77. The first kappa shape index (κ1) is 24.2. The molecule has 1 N–H and O–H groups in total. The number of hydrogen-bond donors (Lipinski definition) is 1. The molecule has 0 aromatic heterocycles. The minimum absolute atomic E-state index is 0.0917. The molecule has 2 saturated heterocycles. The molecule has 0 radical (unpaired) electrons.